The summed E-state index contributed by atoms with van der Waals surface area (Å²) in [6, 6.07) is 19.4. The second-order valence-electron chi connectivity index (χ2n) is 6.98. The van der Waals surface area contributed by atoms with Crippen molar-refractivity contribution in [3.63, 3.8) is 0 Å². The summed E-state index contributed by atoms with van der Waals surface area (Å²) >= 11 is 0. The SMILES string of the molecule is Cc1ccc(NC(=O)[C@@H](C)OC(=O)c2ccc(-c3ccc(O)cc3)cc2)c(C)c1. The van der Waals surface area contributed by atoms with E-state index in [0.29, 0.717) is 11.3 Å². The molecule has 0 fully saturated rings. The molecule has 1 atom stereocenters. The zero-order valence-electron chi connectivity index (χ0n) is 16.6. The Morgan fingerprint density at radius 3 is 2.07 bits per heavy atom. The number of carbonyl (C=O) groups excluding carboxylic acids is 2. The molecular weight excluding hydrogens is 366 g/mol. The van der Waals surface area contributed by atoms with E-state index in [9.17, 15) is 14.7 Å². The molecule has 0 saturated heterocycles. The van der Waals surface area contributed by atoms with Crippen LogP contribution in [0.5, 0.6) is 5.75 Å². The third-order valence-electron chi connectivity index (χ3n) is 4.61. The van der Waals surface area contributed by atoms with Crippen LogP contribution in [-0.4, -0.2) is 23.1 Å². The standard InChI is InChI=1S/C24H23NO4/c1-15-4-13-22(16(2)14-15)25-23(27)17(3)29-24(28)20-7-5-18(6-8-20)19-9-11-21(26)12-10-19/h4-14,17,26H,1-3H3,(H,25,27)/t17-/m1/s1. The highest BCUT2D eigenvalue weighted by atomic mass is 16.5. The van der Waals surface area contributed by atoms with E-state index in [-0.39, 0.29) is 11.7 Å². The van der Waals surface area contributed by atoms with Crippen LogP contribution in [0.15, 0.2) is 66.7 Å². The van der Waals surface area contributed by atoms with Gasteiger partial charge in [-0.05, 0) is 67.8 Å². The quantitative estimate of drug-likeness (QED) is 0.611. The molecule has 0 heterocycles. The number of ether oxygens (including phenoxy) is 1. The molecule has 0 spiro atoms. The zero-order chi connectivity index (χ0) is 21.0. The van der Waals surface area contributed by atoms with E-state index < -0.39 is 12.1 Å². The number of aryl methyl sites for hydroxylation is 2. The van der Waals surface area contributed by atoms with Crippen molar-refractivity contribution in [2.45, 2.75) is 26.9 Å². The van der Waals surface area contributed by atoms with Gasteiger partial charge in [0.15, 0.2) is 6.10 Å². The van der Waals surface area contributed by atoms with Gasteiger partial charge in [-0.15, -0.1) is 0 Å². The molecular formula is C24H23NO4. The Labute approximate surface area is 170 Å². The average Bonchev–Trinajstić information content (AvgIpc) is 2.70. The van der Waals surface area contributed by atoms with Crippen LogP contribution in [0, 0.1) is 13.8 Å². The Balaban J connectivity index is 1.62. The smallest absolute Gasteiger partial charge is 0.338 e. The van der Waals surface area contributed by atoms with Crippen LogP contribution in [-0.2, 0) is 9.53 Å². The zero-order valence-corrected chi connectivity index (χ0v) is 16.6. The fraction of sp³-hybridized carbons (Fsp3) is 0.167. The molecule has 1 amide bonds. The first-order valence-electron chi connectivity index (χ1n) is 9.32. The van der Waals surface area contributed by atoms with Gasteiger partial charge in [-0.1, -0.05) is 42.0 Å². The Morgan fingerprint density at radius 2 is 1.48 bits per heavy atom. The number of benzene rings is 3. The van der Waals surface area contributed by atoms with E-state index in [0.717, 1.165) is 22.3 Å². The highest BCUT2D eigenvalue weighted by Gasteiger charge is 2.19. The predicted molar refractivity (Wildman–Crippen MR) is 113 cm³/mol. The third kappa shape index (κ3) is 5.02. The van der Waals surface area contributed by atoms with Gasteiger partial charge >= 0.3 is 5.97 Å². The van der Waals surface area contributed by atoms with Gasteiger partial charge in [0.2, 0.25) is 0 Å². The average molecular weight is 389 g/mol. The molecule has 5 nitrogen and oxygen atoms in total. The largest absolute Gasteiger partial charge is 0.508 e. The van der Waals surface area contributed by atoms with Crippen molar-refractivity contribution < 1.29 is 19.4 Å². The molecule has 0 aromatic heterocycles. The van der Waals surface area contributed by atoms with Gasteiger partial charge in [-0.3, -0.25) is 4.79 Å². The van der Waals surface area contributed by atoms with Crippen molar-refractivity contribution in [1.29, 1.82) is 0 Å². The van der Waals surface area contributed by atoms with Crippen molar-refractivity contribution in [3.05, 3.63) is 83.4 Å². The lowest BCUT2D eigenvalue weighted by Crippen LogP contribution is -2.30. The molecule has 0 aliphatic carbocycles. The number of amides is 1. The number of phenols is 1. The van der Waals surface area contributed by atoms with Crippen molar-refractivity contribution in [3.8, 4) is 16.9 Å². The van der Waals surface area contributed by atoms with E-state index in [4.69, 9.17) is 4.74 Å². The topological polar surface area (TPSA) is 75.6 Å². The molecule has 148 valence electrons. The number of hydrogen-bond donors (Lipinski definition) is 2. The molecule has 29 heavy (non-hydrogen) atoms. The van der Waals surface area contributed by atoms with E-state index in [2.05, 4.69) is 5.32 Å². The van der Waals surface area contributed by atoms with Gasteiger partial charge in [0.05, 0.1) is 5.56 Å². The van der Waals surface area contributed by atoms with Crippen LogP contribution >= 0.6 is 0 Å². The van der Waals surface area contributed by atoms with Crippen LogP contribution in [0.3, 0.4) is 0 Å². The molecule has 3 aromatic carbocycles. The lowest BCUT2D eigenvalue weighted by molar-refractivity contribution is -0.123. The van der Waals surface area contributed by atoms with Gasteiger partial charge in [-0.25, -0.2) is 4.79 Å². The normalized spacial score (nSPS) is 11.6. The molecule has 3 aromatic rings. The molecule has 0 saturated carbocycles. The van der Waals surface area contributed by atoms with Gasteiger partial charge < -0.3 is 15.2 Å². The van der Waals surface area contributed by atoms with Crippen LogP contribution in [0.4, 0.5) is 5.69 Å². The number of carbonyl (C=O) groups is 2. The molecule has 3 rings (SSSR count). The van der Waals surface area contributed by atoms with Gasteiger partial charge in [0, 0.05) is 5.69 Å². The summed E-state index contributed by atoms with van der Waals surface area (Å²) in [4.78, 5) is 24.8. The Morgan fingerprint density at radius 1 is 0.897 bits per heavy atom. The number of aromatic hydroxyl groups is 1. The monoisotopic (exact) mass is 389 g/mol. The van der Waals surface area contributed by atoms with Crippen molar-refractivity contribution in [2.24, 2.45) is 0 Å². The van der Waals surface area contributed by atoms with Gasteiger partial charge in [-0.2, -0.15) is 0 Å². The Hall–Kier alpha value is -3.60. The van der Waals surface area contributed by atoms with Crippen LogP contribution in [0.25, 0.3) is 11.1 Å². The number of rotatable bonds is 5. The van der Waals surface area contributed by atoms with Crippen molar-refractivity contribution in [2.75, 3.05) is 5.32 Å². The summed E-state index contributed by atoms with van der Waals surface area (Å²) < 4.78 is 5.31. The first kappa shape index (κ1) is 20.1. The predicted octanol–water partition coefficient (Wildman–Crippen LogP) is 4.86. The summed E-state index contributed by atoms with van der Waals surface area (Å²) in [5, 5.41) is 12.2. The summed E-state index contributed by atoms with van der Waals surface area (Å²) in [7, 11) is 0. The molecule has 5 heteroatoms. The Kier molecular flexibility index (Phi) is 5.98. The van der Waals surface area contributed by atoms with E-state index in [1.165, 1.54) is 0 Å². The number of nitrogens with one attached hydrogen (secondary N) is 1. The van der Waals surface area contributed by atoms with Crippen molar-refractivity contribution >= 4 is 17.6 Å². The molecule has 0 radical (unpaired) electrons. The third-order valence-corrected chi connectivity index (χ3v) is 4.61. The van der Waals surface area contributed by atoms with E-state index >= 15 is 0 Å². The highest BCUT2D eigenvalue weighted by molar-refractivity contribution is 5.97. The van der Waals surface area contributed by atoms with Crippen molar-refractivity contribution in [1.82, 2.24) is 0 Å². The van der Waals surface area contributed by atoms with E-state index in [1.807, 2.05) is 32.0 Å². The Bertz CT molecular complexity index is 1020. The molecule has 0 unspecified atom stereocenters. The minimum atomic E-state index is -0.931. The number of hydrogen-bond acceptors (Lipinski definition) is 4. The first-order chi connectivity index (χ1) is 13.8. The second-order valence-corrected chi connectivity index (χ2v) is 6.98. The molecule has 2 N–H and O–H groups in total. The summed E-state index contributed by atoms with van der Waals surface area (Å²) in [6.07, 6.45) is -0.931. The molecule has 0 aliphatic rings. The number of esters is 1. The van der Waals surface area contributed by atoms with E-state index in [1.54, 1.807) is 55.5 Å². The van der Waals surface area contributed by atoms with Crippen LogP contribution < -0.4 is 5.32 Å². The molecule has 0 aliphatic heterocycles. The highest BCUT2D eigenvalue weighted by Crippen LogP contribution is 2.22. The lowest BCUT2D eigenvalue weighted by Gasteiger charge is -2.15. The maximum absolute atomic E-state index is 12.4. The minimum Gasteiger partial charge on any atom is -0.508 e. The number of phenolic OH excluding ortho intramolecular Hbond substituents is 1. The summed E-state index contributed by atoms with van der Waals surface area (Å²) in [5.74, 6) is -0.751. The molecule has 0 bridgehead atoms. The van der Waals surface area contributed by atoms with Gasteiger partial charge in [0.1, 0.15) is 5.75 Å². The maximum Gasteiger partial charge on any atom is 0.338 e. The lowest BCUT2D eigenvalue weighted by atomic mass is 10.0. The minimum absolute atomic E-state index is 0.196. The summed E-state index contributed by atoms with van der Waals surface area (Å²) in [6.45, 7) is 5.44. The summed E-state index contributed by atoms with van der Waals surface area (Å²) in [5.41, 5.74) is 4.93. The fourth-order valence-electron chi connectivity index (χ4n) is 2.92. The van der Waals surface area contributed by atoms with Gasteiger partial charge in [0.25, 0.3) is 5.91 Å². The van der Waals surface area contributed by atoms with Crippen LogP contribution in [0.2, 0.25) is 0 Å². The maximum atomic E-state index is 12.4. The second kappa shape index (κ2) is 8.61. The fourth-order valence-corrected chi connectivity index (χ4v) is 2.92. The first-order valence-corrected chi connectivity index (χ1v) is 9.32. The number of anilines is 1. The van der Waals surface area contributed by atoms with Crippen LogP contribution in [0.1, 0.15) is 28.4 Å².